The molecule has 0 fully saturated rings. The summed E-state index contributed by atoms with van der Waals surface area (Å²) in [6, 6.07) is 4.25. The first-order valence-electron chi connectivity index (χ1n) is 6.08. The third kappa shape index (κ3) is 4.30. The number of alkyl halides is 3. The first-order valence-corrected chi connectivity index (χ1v) is 8.32. The average Bonchev–Trinajstić information content (AvgIpc) is 2.44. The van der Waals surface area contributed by atoms with Gasteiger partial charge in [0.25, 0.3) is 10.0 Å². The predicted octanol–water partition coefficient (Wildman–Crippen LogP) is 3.30. The molecular formula is C12H6Cl2F3N3O4S. The van der Waals surface area contributed by atoms with Crippen LogP contribution in [0.15, 0.2) is 29.2 Å². The van der Waals surface area contributed by atoms with Crippen LogP contribution >= 0.6 is 23.2 Å². The molecule has 0 aliphatic rings. The van der Waals surface area contributed by atoms with Gasteiger partial charge in [0.05, 0.1) is 10.5 Å². The molecule has 0 unspecified atom stereocenters. The number of carboxylic acid groups (broad SMARTS) is 1. The lowest BCUT2D eigenvalue weighted by Gasteiger charge is -2.12. The summed E-state index contributed by atoms with van der Waals surface area (Å²) >= 11 is 10.8. The van der Waals surface area contributed by atoms with Crippen molar-refractivity contribution >= 4 is 45.1 Å². The first kappa shape index (κ1) is 19.2. The molecule has 0 radical (unpaired) electrons. The molecule has 0 saturated carbocycles. The SMILES string of the molecule is O=C(O)c1cccc(S(=O)(=O)Nc2nc(Cl)c(C(F)(F)F)c(Cl)n2)c1. The Hall–Kier alpha value is -2.11. The molecule has 0 amide bonds. The van der Waals surface area contributed by atoms with Gasteiger partial charge < -0.3 is 5.11 Å². The van der Waals surface area contributed by atoms with Gasteiger partial charge in [-0.25, -0.2) is 17.9 Å². The van der Waals surface area contributed by atoms with Crippen LogP contribution < -0.4 is 4.72 Å². The lowest BCUT2D eigenvalue weighted by atomic mass is 10.2. The van der Waals surface area contributed by atoms with Gasteiger partial charge in [-0.2, -0.15) is 23.1 Å². The Morgan fingerprint density at radius 3 is 2.20 bits per heavy atom. The van der Waals surface area contributed by atoms with Crippen molar-refractivity contribution in [3.8, 4) is 0 Å². The number of aromatic nitrogens is 2. The van der Waals surface area contributed by atoms with Gasteiger partial charge in [-0.05, 0) is 18.2 Å². The van der Waals surface area contributed by atoms with E-state index in [1.807, 2.05) is 0 Å². The molecule has 0 spiro atoms. The van der Waals surface area contributed by atoms with Gasteiger partial charge in [0.2, 0.25) is 5.95 Å². The maximum Gasteiger partial charge on any atom is 0.422 e. The summed E-state index contributed by atoms with van der Waals surface area (Å²) in [6.45, 7) is 0. The third-order valence-electron chi connectivity index (χ3n) is 2.72. The van der Waals surface area contributed by atoms with E-state index in [-0.39, 0.29) is 5.56 Å². The van der Waals surface area contributed by atoms with Gasteiger partial charge in [0, 0.05) is 0 Å². The van der Waals surface area contributed by atoms with Gasteiger partial charge >= 0.3 is 12.1 Å². The second kappa shape index (κ2) is 6.65. The van der Waals surface area contributed by atoms with E-state index in [0.29, 0.717) is 0 Å². The van der Waals surface area contributed by atoms with Crippen molar-refractivity contribution in [3.05, 3.63) is 45.7 Å². The molecule has 0 aliphatic heterocycles. The van der Waals surface area contributed by atoms with Crippen LogP contribution in [-0.4, -0.2) is 29.5 Å². The number of hydrogen-bond donors (Lipinski definition) is 2. The standard InChI is InChI=1S/C12H6Cl2F3N3O4S/c13-8-7(12(15,16)17)9(14)19-11(18-8)20-25(23,24)6-3-1-2-5(4-6)10(21)22/h1-4H,(H,21,22)(H,18,19,20). The van der Waals surface area contributed by atoms with E-state index in [1.54, 1.807) is 4.72 Å². The zero-order valence-corrected chi connectivity index (χ0v) is 14.0. The number of nitrogens with one attached hydrogen (secondary N) is 1. The number of hydrogen-bond acceptors (Lipinski definition) is 5. The highest BCUT2D eigenvalue weighted by Crippen LogP contribution is 2.38. The minimum Gasteiger partial charge on any atom is -0.478 e. The fourth-order valence-corrected chi connectivity index (χ4v) is 3.25. The molecule has 2 N–H and O–H groups in total. The number of nitrogens with zero attached hydrogens (tertiary/aromatic N) is 2. The minimum atomic E-state index is -4.93. The molecule has 1 aromatic carbocycles. The molecule has 1 aromatic heterocycles. The Bertz CT molecular complexity index is 928. The monoisotopic (exact) mass is 415 g/mol. The molecule has 1 heterocycles. The lowest BCUT2D eigenvalue weighted by molar-refractivity contribution is -0.137. The first-order chi connectivity index (χ1) is 11.4. The summed E-state index contributed by atoms with van der Waals surface area (Å²) in [5.41, 5.74) is -1.82. The smallest absolute Gasteiger partial charge is 0.422 e. The van der Waals surface area contributed by atoms with Gasteiger partial charge in [0.15, 0.2) is 0 Å². The van der Waals surface area contributed by atoms with E-state index in [0.717, 1.165) is 18.2 Å². The summed E-state index contributed by atoms with van der Waals surface area (Å²) in [4.78, 5) is 16.8. The number of halogens is 5. The minimum absolute atomic E-state index is 0.313. The Morgan fingerprint density at radius 2 is 1.72 bits per heavy atom. The molecule has 25 heavy (non-hydrogen) atoms. The van der Waals surface area contributed by atoms with Crippen molar-refractivity contribution in [1.29, 1.82) is 0 Å². The quantitative estimate of drug-likeness (QED) is 0.741. The number of carboxylic acids is 1. The molecule has 134 valence electrons. The van der Waals surface area contributed by atoms with Gasteiger partial charge in [0.1, 0.15) is 15.9 Å². The van der Waals surface area contributed by atoms with Crippen molar-refractivity contribution in [2.24, 2.45) is 0 Å². The second-order valence-corrected chi connectivity index (χ2v) is 6.84. The average molecular weight is 416 g/mol. The molecule has 2 rings (SSSR count). The van der Waals surface area contributed by atoms with Crippen LogP contribution in [0.4, 0.5) is 19.1 Å². The highest BCUT2D eigenvalue weighted by atomic mass is 35.5. The van der Waals surface area contributed by atoms with Gasteiger partial charge in [-0.15, -0.1) is 0 Å². The number of sulfonamides is 1. The molecule has 0 aliphatic carbocycles. The van der Waals surface area contributed by atoms with E-state index in [1.165, 1.54) is 6.07 Å². The molecule has 0 bridgehead atoms. The highest BCUT2D eigenvalue weighted by Gasteiger charge is 2.38. The third-order valence-corrected chi connectivity index (χ3v) is 4.59. The van der Waals surface area contributed by atoms with E-state index in [2.05, 4.69) is 9.97 Å². The Balaban J connectivity index is 2.42. The van der Waals surface area contributed by atoms with Crippen LogP contribution in [0.5, 0.6) is 0 Å². The fourth-order valence-electron chi connectivity index (χ4n) is 1.66. The van der Waals surface area contributed by atoms with Gasteiger partial charge in [-0.3, -0.25) is 0 Å². The molecular weight excluding hydrogens is 410 g/mol. The van der Waals surface area contributed by atoms with Crippen molar-refractivity contribution in [1.82, 2.24) is 9.97 Å². The van der Waals surface area contributed by atoms with Crippen LogP contribution in [-0.2, 0) is 16.2 Å². The molecule has 2 aromatic rings. The van der Waals surface area contributed by atoms with Gasteiger partial charge in [-0.1, -0.05) is 29.3 Å². The molecule has 0 saturated heterocycles. The van der Waals surface area contributed by atoms with Crippen molar-refractivity contribution in [3.63, 3.8) is 0 Å². The van der Waals surface area contributed by atoms with Crippen molar-refractivity contribution < 1.29 is 31.5 Å². The largest absolute Gasteiger partial charge is 0.478 e. The summed E-state index contributed by atoms with van der Waals surface area (Å²) in [7, 11) is -4.39. The Morgan fingerprint density at radius 1 is 1.16 bits per heavy atom. The summed E-state index contributed by atoms with van der Waals surface area (Å²) in [5, 5.41) is 6.68. The zero-order chi connectivity index (χ0) is 19.0. The number of rotatable bonds is 4. The van der Waals surface area contributed by atoms with Crippen LogP contribution in [0.1, 0.15) is 15.9 Å². The van der Waals surface area contributed by atoms with E-state index >= 15 is 0 Å². The molecule has 7 nitrogen and oxygen atoms in total. The maximum absolute atomic E-state index is 12.7. The highest BCUT2D eigenvalue weighted by molar-refractivity contribution is 7.92. The number of benzene rings is 1. The normalized spacial score (nSPS) is 12.0. The summed E-state index contributed by atoms with van der Waals surface area (Å²) in [6.07, 6.45) is -4.93. The van der Waals surface area contributed by atoms with Crippen LogP contribution in [0, 0.1) is 0 Å². The van der Waals surface area contributed by atoms with Crippen molar-refractivity contribution in [2.45, 2.75) is 11.1 Å². The Kier molecular flexibility index (Phi) is 5.11. The summed E-state index contributed by atoms with van der Waals surface area (Å²) in [5.74, 6) is -2.17. The van der Waals surface area contributed by atoms with E-state index in [9.17, 15) is 26.4 Å². The summed E-state index contributed by atoms with van der Waals surface area (Å²) < 4.78 is 64.3. The fraction of sp³-hybridized carbons (Fsp3) is 0.0833. The predicted molar refractivity (Wildman–Crippen MR) is 81.3 cm³/mol. The lowest BCUT2D eigenvalue weighted by Crippen LogP contribution is -2.17. The molecule has 0 atom stereocenters. The topological polar surface area (TPSA) is 109 Å². The number of anilines is 1. The van der Waals surface area contributed by atoms with Crippen LogP contribution in [0.25, 0.3) is 0 Å². The maximum atomic E-state index is 12.7. The van der Waals surface area contributed by atoms with E-state index in [4.69, 9.17) is 28.3 Å². The number of carbonyl (C=O) groups is 1. The molecule has 13 heteroatoms. The van der Waals surface area contributed by atoms with E-state index < -0.39 is 48.9 Å². The number of aromatic carboxylic acids is 1. The second-order valence-electron chi connectivity index (χ2n) is 4.44. The van der Waals surface area contributed by atoms with Crippen LogP contribution in [0.2, 0.25) is 10.3 Å². The Labute approximate surface area is 148 Å². The van der Waals surface area contributed by atoms with Crippen LogP contribution in [0.3, 0.4) is 0 Å². The zero-order valence-electron chi connectivity index (χ0n) is 11.7. The van der Waals surface area contributed by atoms with Crippen molar-refractivity contribution in [2.75, 3.05) is 4.72 Å².